The van der Waals surface area contributed by atoms with Gasteiger partial charge in [-0.2, -0.15) is 8.78 Å². The fourth-order valence-electron chi connectivity index (χ4n) is 1.12. The van der Waals surface area contributed by atoms with E-state index in [-0.39, 0.29) is 17.7 Å². The van der Waals surface area contributed by atoms with Crippen molar-refractivity contribution in [3.8, 4) is 5.75 Å². The van der Waals surface area contributed by atoms with Crippen molar-refractivity contribution in [2.75, 3.05) is 7.11 Å². The lowest BCUT2D eigenvalue weighted by atomic mass is 10.1. The van der Waals surface area contributed by atoms with E-state index in [0.717, 1.165) is 25.3 Å². The van der Waals surface area contributed by atoms with Crippen LogP contribution in [0.3, 0.4) is 0 Å². The van der Waals surface area contributed by atoms with E-state index < -0.39 is 18.4 Å². The van der Waals surface area contributed by atoms with E-state index in [1.54, 1.807) is 0 Å². The van der Waals surface area contributed by atoms with Crippen molar-refractivity contribution in [1.82, 2.24) is 0 Å². The quantitative estimate of drug-likeness (QED) is 0.749. The number of rotatable bonds is 4. The van der Waals surface area contributed by atoms with Gasteiger partial charge in [0.25, 0.3) is 0 Å². The molecule has 1 rings (SSSR count). The summed E-state index contributed by atoms with van der Waals surface area (Å²) in [6.45, 7) is -3.03. The lowest BCUT2D eigenvalue weighted by molar-refractivity contribution is -0.139. The molecule has 0 aromatic heterocycles. The molecule has 0 aliphatic rings. The van der Waals surface area contributed by atoms with Gasteiger partial charge in [0.2, 0.25) is 0 Å². The van der Waals surface area contributed by atoms with Crippen LogP contribution >= 0.6 is 0 Å². The maximum absolute atomic E-state index is 12.8. The molecule has 1 aromatic rings. The molecule has 88 valence electrons. The van der Waals surface area contributed by atoms with Crippen molar-refractivity contribution >= 4 is 5.97 Å². The maximum atomic E-state index is 12.8. The molecule has 0 bridgehead atoms. The van der Waals surface area contributed by atoms with Crippen molar-refractivity contribution in [3.05, 3.63) is 29.6 Å². The number of methoxy groups -OCH3 is 1. The van der Waals surface area contributed by atoms with Gasteiger partial charge in [0, 0.05) is 5.56 Å². The Morgan fingerprint density at radius 1 is 1.44 bits per heavy atom. The third-order valence-corrected chi connectivity index (χ3v) is 1.80. The molecular weight excluding hydrogens is 225 g/mol. The van der Waals surface area contributed by atoms with Crippen LogP contribution in [0.15, 0.2) is 18.2 Å². The van der Waals surface area contributed by atoms with Gasteiger partial charge in [-0.15, -0.1) is 0 Å². The fourth-order valence-corrected chi connectivity index (χ4v) is 1.12. The second kappa shape index (κ2) is 5.39. The zero-order valence-corrected chi connectivity index (χ0v) is 8.38. The third-order valence-electron chi connectivity index (χ3n) is 1.80. The average molecular weight is 234 g/mol. The van der Waals surface area contributed by atoms with Crippen molar-refractivity contribution < 1.29 is 27.4 Å². The van der Waals surface area contributed by atoms with E-state index in [9.17, 15) is 18.0 Å². The highest BCUT2D eigenvalue weighted by Gasteiger charge is 2.13. The van der Waals surface area contributed by atoms with E-state index >= 15 is 0 Å². The van der Waals surface area contributed by atoms with E-state index in [1.807, 2.05) is 0 Å². The van der Waals surface area contributed by atoms with Crippen molar-refractivity contribution in [2.45, 2.75) is 13.0 Å². The second-order valence-electron chi connectivity index (χ2n) is 2.88. The van der Waals surface area contributed by atoms with Gasteiger partial charge in [-0.25, -0.2) is 4.39 Å². The number of carbonyl (C=O) groups is 1. The zero-order chi connectivity index (χ0) is 12.1. The highest BCUT2D eigenvalue weighted by Crippen LogP contribution is 2.22. The topological polar surface area (TPSA) is 35.5 Å². The van der Waals surface area contributed by atoms with Crippen molar-refractivity contribution in [1.29, 1.82) is 0 Å². The SMILES string of the molecule is COC(=O)Cc1cc(F)ccc1OC(F)F. The van der Waals surface area contributed by atoms with Gasteiger partial charge in [-0.3, -0.25) is 4.79 Å². The molecule has 0 aliphatic heterocycles. The molecule has 0 saturated carbocycles. The minimum absolute atomic E-state index is 0.0205. The van der Waals surface area contributed by atoms with E-state index in [4.69, 9.17) is 0 Å². The van der Waals surface area contributed by atoms with Crippen molar-refractivity contribution in [3.63, 3.8) is 0 Å². The number of esters is 1. The van der Waals surface area contributed by atoms with Crippen LogP contribution in [0.2, 0.25) is 0 Å². The molecule has 0 atom stereocenters. The third kappa shape index (κ3) is 3.45. The lowest BCUT2D eigenvalue weighted by Crippen LogP contribution is -2.09. The largest absolute Gasteiger partial charge is 0.469 e. The fraction of sp³-hybridized carbons (Fsp3) is 0.300. The molecule has 6 heteroatoms. The van der Waals surface area contributed by atoms with Gasteiger partial charge < -0.3 is 9.47 Å². The molecule has 0 aliphatic carbocycles. The second-order valence-corrected chi connectivity index (χ2v) is 2.88. The molecule has 0 saturated heterocycles. The predicted octanol–water partition coefficient (Wildman–Crippen LogP) is 2.14. The van der Waals surface area contributed by atoms with Crippen LogP contribution in [0.5, 0.6) is 5.75 Å². The van der Waals surface area contributed by atoms with Gasteiger partial charge in [-0.1, -0.05) is 0 Å². The van der Waals surface area contributed by atoms with Gasteiger partial charge in [0.05, 0.1) is 13.5 Å². The molecule has 0 N–H and O–H groups in total. The van der Waals surface area contributed by atoms with E-state index in [2.05, 4.69) is 9.47 Å². The monoisotopic (exact) mass is 234 g/mol. The van der Waals surface area contributed by atoms with Crippen LogP contribution in [-0.2, 0) is 16.0 Å². The molecule has 3 nitrogen and oxygen atoms in total. The molecule has 0 fully saturated rings. The van der Waals surface area contributed by atoms with Crippen molar-refractivity contribution in [2.24, 2.45) is 0 Å². The number of hydrogen-bond donors (Lipinski definition) is 0. The number of halogens is 3. The average Bonchev–Trinajstić information content (AvgIpc) is 2.21. The Morgan fingerprint density at radius 2 is 2.12 bits per heavy atom. The van der Waals surface area contributed by atoms with Crippen LogP contribution in [0, 0.1) is 5.82 Å². The summed E-state index contributed by atoms with van der Waals surface area (Å²) in [5.41, 5.74) is 0.0205. The first-order valence-electron chi connectivity index (χ1n) is 4.33. The Kier molecular flexibility index (Phi) is 4.16. The number of ether oxygens (including phenoxy) is 2. The summed E-state index contributed by atoms with van der Waals surface area (Å²) in [5, 5.41) is 0. The zero-order valence-electron chi connectivity index (χ0n) is 8.38. The van der Waals surface area contributed by atoms with Crippen LogP contribution in [-0.4, -0.2) is 19.7 Å². The van der Waals surface area contributed by atoms with E-state index in [1.165, 1.54) is 0 Å². The van der Waals surface area contributed by atoms with Crippen LogP contribution in [0.25, 0.3) is 0 Å². The maximum Gasteiger partial charge on any atom is 0.387 e. The summed E-state index contributed by atoms with van der Waals surface area (Å²) < 4.78 is 45.3. The molecule has 1 aromatic carbocycles. The summed E-state index contributed by atoms with van der Waals surface area (Å²) in [6.07, 6.45) is -0.323. The Hall–Kier alpha value is -1.72. The summed E-state index contributed by atoms with van der Waals surface area (Å²) in [7, 11) is 1.15. The van der Waals surface area contributed by atoms with Crippen LogP contribution in [0.1, 0.15) is 5.56 Å². The van der Waals surface area contributed by atoms with Gasteiger partial charge in [-0.05, 0) is 18.2 Å². The molecule has 0 radical (unpaired) electrons. The Morgan fingerprint density at radius 3 is 2.69 bits per heavy atom. The highest BCUT2D eigenvalue weighted by atomic mass is 19.3. The summed E-state index contributed by atoms with van der Waals surface area (Å²) in [4.78, 5) is 10.9. The lowest BCUT2D eigenvalue weighted by Gasteiger charge is -2.09. The Labute approximate surface area is 89.8 Å². The first kappa shape index (κ1) is 12.4. The van der Waals surface area contributed by atoms with Crippen LogP contribution < -0.4 is 4.74 Å². The predicted molar refractivity (Wildman–Crippen MR) is 48.8 cm³/mol. The Balaban J connectivity index is 2.93. The number of hydrogen-bond acceptors (Lipinski definition) is 3. The molecule has 0 spiro atoms. The minimum atomic E-state index is -3.03. The normalized spacial score (nSPS) is 10.3. The van der Waals surface area contributed by atoms with Gasteiger partial charge in [0.15, 0.2) is 0 Å². The first-order chi connectivity index (χ1) is 7.52. The van der Waals surface area contributed by atoms with Crippen LogP contribution in [0.4, 0.5) is 13.2 Å². The minimum Gasteiger partial charge on any atom is -0.469 e. The molecule has 0 heterocycles. The summed E-state index contributed by atoms with van der Waals surface area (Å²) in [5.74, 6) is -1.54. The van der Waals surface area contributed by atoms with Gasteiger partial charge in [0.1, 0.15) is 11.6 Å². The highest BCUT2D eigenvalue weighted by molar-refractivity contribution is 5.73. The Bertz CT molecular complexity index is 380. The summed E-state index contributed by atoms with van der Waals surface area (Å²) in [6, 6.07) is 2.97. The molecule has 0 unspecified atom stereocenters. The standard InChI is InChI=1S/C10H9F3O3/c1-15-9(14)5-6-4-7(11)2-3-8(6)16-10(12)13/h2-4,10H,5H2,1H3. The first-order valence-corrected chi connectivity index (χ1v) is 4.33. The van der Waals surface area contributed by atoms with E-state index in [0.29, 0.717) is 0 Å². The molecule has 0 amide bonds. The number of carbonyl (C=O) groups excluding carboxylic acids is 1. The summed E-state index contributed by atoms with van der Waals surface area (Å²) >= 11 is 0. The smallest absolute Gasteiger partial charge is 0.387 e. The molecule has 16 heavy (non-hydrogen) atoms. The molecular formula is C10H9F3O3. The number of alkyl halides is 2. The van der Waals surface area contributed by atoms with Gasteiger partial charge >= 0.3 is 12.6 Å². The number of benzene rings is 1.